The smallest absolute Gasteiger partial charge is 0.0727 e. The van der Waals surface area contributed by atoms with Gasteiger partial charge in [-0.05, 0) is 0 Å². The zero-order chi connectivity index (χ0) is 30.6. The van der Waals surface area contributed by atoms with Crippen LogP contribution in [0.4, 0.5) is 0 Å². The number of ether oxygens (including phenoxy) is 10. The Hall–Kier alpha value is -1.40. The molecule has 0 amide bonds. The van der Waals surface area contributed by atoms with Crippen LogP contribution in [0.3, 0.4) is 0 Å². The summed E-state index contributed by atoms with van der Waals surface area (Å²) in [5, 5.41) is 0. The molecule has 3 rings (SSSR count). The van der Waals surface area contributed by atoms with Crippen molar-refractivity contribution in [1.29, 1.82) is 0 Å². The van der Waals surface area contributed by atoms with Crippen molar-refractivity contribution in [2.45, 2.75) is 13.1 Å². The molecule has 0 atom stereocenters. The zero-order valence-corrected chi connectivity index (χ0v) is 26.4. The first kappa shape index (κ1) is 37.1. The maximum Gasteiger partial charge on any atom is 0.0727 e. The van der Waals surface area contributed by atoms with E-state index in [0.29, 0.717) is 145 Å². The van der Waals surface area contributed by atoms with Gasteiger partial charge in [0.15, 0.2) is 0 Å². The Balaban J connectivity index is 1.44. The van der Waals surface area contributed by atoms with Gasteiger partial charge in [0, 0.05) is 39.3 Å². The van der Waals surface area contributed by atoms with Crippen LogP contribution in [0.15, 0.2) is 12.4 Å². The summed E-state index contributed by atoms with van der Waals surface area (Å²) in [5.74, 6) is 0. The van der Waals surface area contributed by atoms with Crippen molar-refractivity contribution in [2.24, 2.45) is 0 Å². The van der Waals surface area contributed by atoms with Crippen LogP contribution < -0.4 is 0 Å². The van der Waals surface area contributed by atoms with E-state index in [4.69, 9.17) is 57.3 Å². The van der Waals surface area contributed by atoms with Crippen molar-refractivity contribution in [2.75, 3.05) is 158 Å². The minimum absolute atomic E-state index is 0.545. The van der Waals surface area contributed by atoms with E-state index in [9.17, 15) is 0 Å². The first-order valence-electron chi connectivity index (χ1n) is 15.9. The molecule has 2 fully saturated rings. The lowest BCUT2D eigenvalue weighted by molar-refractivity contribution is -0.0191. The maximum absolute atomic E-state index is 5.79. The fraction of sp³-hybridized carbons (Fsp3) is 0.867. The Bertz CT molecular complexity index is 684. The second-order valence-electron chi connectivity index (χ2n) is 10.2. The van der Waals surface area contributed by atoms with Gasteiger partial charge in [-0.2, -0.15) is 0 Å². The summed E-state index contributed by atoms with van der Waals surface area (Å²) in [6, 6.07) is 0. The molecule has 0 N–H and O–H groups in total. The van der Waals surface area contributed by atoms with Gasteiger partial charge in [-0.3, -0.25) is 19.8 Å². The van der Waals surface area contributed by atoms with Gasteiger partial charge in [-0.1, -0.05) is 0 Å². The lowest BCUT2D eigenvalue weighted by Gasteiger charge is -2.23. The van der Waals surface area contributed by atoms with Gasteiger partial charge in [0.25, 0.3) is 0 Å². The molecular weight excluding hydrogens is 576 g/mol. The zero-order valence-electron chi connectivity index (χ0n) is 26.4. The first-order chi connectivity index (χ1) is 21.9. The number of nitrogens with zero attached hydrogens (tertiary/aromatic N) is 4. The lowest BCUT2D eigenvalue weighted by Crippen LogP contribution is -2.32. The fourth-order valence-corrected chi connectivity index (χ4v) is 4.28. The summed E-state index contributed by atoms with van der Waals surface area (Å²) in [6.45, 7) is 15.5. The topological polar surface area (TPSA) is 125 Å². The third-order valence-corrected chi connectivity index (χ3v) is 6.71. The molecule has 0 saturated carbocycles. The van der Waals surface area contributed by atoms with Gasteiger partial charge in [0.1, 0.15) is 0 Å². The molecule has 1 aromatic heterocycles. The normalized spacial score (nSPS) is 23.1. The average molecular weight is 631 g/mol. The fourth-order valence-electron chi connectivity index (χ4n) is 4.28. The molecule has 3 heterocycles. The van der Waals surface area contributed by atoms with Crippen molar-refractivity contribution >= 4 is 0 Å². The van der Waals surface area contributed by atoms with Gasteiger partial charge in [-0.25, -0.2) is 0 Å². The van der Waals surface area contributed by atoms with Gasteiger partial charge < -0.3 is 47.4 Å². The molecule has 0 radical (unpaired) electrons. The molecule has 0 spiro atoms. The molecule has 1 aromatic rings. The number of rotatable bonds is 4. The molecule has 2 aliphatic rings. The molecule has 14 heteroatoms. The van der Waals surface area contributed by atoms with E-state index in [-0.39, 0.29) is 0 Å². The van der Waals surface area contributed by atoms with E-state index in [1.54, 1.807) is 0 Å². The number of aromatic nitrogens is 2. The summed E-state index contributed by atoms with van der Waals surface area (Å²) in [5.41, 5.74) is 1.80. The molecule has 254 valence electrons. The largest absolute Gasteiger partial charge is 0.378 e. The summed E-state index contributed by atoms with van der Waals surface area (Å²) < 4.78 is 56.3. The Morgan fingerprint density at radius 2 is 0.545 bits per heavy atom. The summed E-state index contributed by atoms with van der Waals surface area (Å²) >= 11 is 0. The van der Waals surface area contributed by atoms with Crippen molar-refractivity contribution < 1.29 is 47.4 Å². The minimum atomic E-state index is 0.545. The van der Waals surface area contributed by atoms with Crippen molar-refractivity contribution in [1.82, 2.24) is 19.8 Å². The minimum Gasteiger partial charge on any atom is -0.378 e. The van der Waals surface area contributed by atoms with E-state index in [2.05, 4.69) is 9.80 Å². The highest BCUT2D eigenvalue weighted by atomic mass is 16.6. The molecule has 44 heavy (non-hydrogen) atoms. The van der Waals surface area contributed by atoms with Crippen LogP contribution in [0.2, 0.25) is 0 Å². The van der Waals surface area contributed by atoms with Crippen molar-refractivity contribution in [3.05, 3.63) is 23.8 Å². The molecule has 0 bridgehead atoms. The van der Waals surface area contributed by atoms with Crippen LogP contribution in [0.1, 0.15) is 11.4 Å². The van der Waals surface area contributed by atoms with E-state index in [1.807, 2.05) is 12.4 Å². The highest BCUT2D eigenvalue weighted by Gasteiger charge is 2.11. The van der Waals surface area contributed by atoms with Crippen LogP contribution in [0.25, 0.3) is 0 Å². The van der Waals surface area contributed by atoms with E-state index >= 15 is 0 Å². The van der Waals surface area contributed by atoms with Crippen LogP contribution >= 0.6 is 0 Å². The summed E-state index contributed by atoms with van der Waals surface area (Å²) in [6.07, 6.45) is 3.72. The first-order valence-corrected chi connectivity index (χ1v) is 15.9. The molecule has 14 nitrogen and oxygen atoms in total. The van der Waals surface area contributed by atoms with Crippen LogP contribution in [0.5, 0.6) is 0 Å². The number of hydrogen-bond acceptors (Lipinski definition) is 14. The molecule has 2 saturated heterocycles. The monoisotopic (exact) mass is 630 g/mol. The third kappa shape index (κ3) is 19.9. The highest BCUT2D eigenvalue weighted by Crippen LogP contribution is 2.05. The molecule has 0 unspecified atom stereocenters. The van der Waals surface area contributed by atoms with E-state index in [1.165, 1.54) is 0 Å². The van der Waals surface area contributed by atoms with Gasteiger partial charge >= 0.3 is 0 Å². The van der Waals surface area contributed by atoms with Gasteiger partial charge in [-0.15, -0.1) is 0 Å². The lowest BCUT2D eigenvalue weighted by atomic mass is 10.3. The summed E-state index contributed by atoms with van der Waals surface area (Å²) in [7, 11) is 0. The molecule has 2 aliphatic heterocycles. The predicted molar refractivity (Wildman–Crippen MR) is 161 cm³/mol. The van der Waals surface area contributed by atoms with Gasteiger partial charge in [0.2, 0.25) is 0 Å². The van der Waals surface area contributed by atoms with Gasteiger partial charge in [0.05, 0.1) is 156 Å². The van der Waals surface area contributed by atoms with Crippen LogP contribution in [-0.2, 0) is 60.5 Å². The number of hydrogen-bond donors (Lipinski definition) is 0. The average Bonchev–Trinajstić information content (AvgIpc) is 3.03. The Kier molecular flexibility index (Phi) is 22.6. The van der Waals surface area contributed by atoms with E-state index < -0.39 is 0 Å². The van der Waals surface area contributed by atoms with Crippen LogP contribution in [-0.4, -0.2) is 178 Å². The van der Waals surface area contributed by atoms with Crippen LogP contribution in [0, 0.1) is 0 Å². The van der Waals surface area contributed by atoms with Crippen molar-refractivity contribution in [3.63, 3.8) is 0 Å². The second kappa shape index (κ2) is 26.8. The van der Waals surface area contributed by atoms with E-state index in [0.717, 1.165) is 37.6 Å². The Morgan fingerprint density at radius 3 is 0.750 bits per heavy atom. The highest BCUT2D eigenvalue weighted by molar-refractivity contribution is 5.02. The maximum atomic E-state index is 5.79. The second-order valence-corrected chi connectivity index (χ2v) is 10.2. The quantitative estimate of drug-likeness (QED) is 0.452. The SMILES string of the molecule is c1nc(CN2CCOCCOCCOCCOCCOCC2)cnc1CN1CCOCCOCCOCCOCCOCC1. The molecule has 0 aliphatic carbocycles. The Morgan fingerprint density at radius 1 is 0.341 bits per heavy atom. The van der Waals surface area contributed by atoms with Crippen molar-refractivity contribution in [3.8, 4) is 0 Å². The molecular formula is C30H54N4O10. The molecule has 0 aromatic carbocycles. The third-order valence-electron chi connectivity index (χ3n) is 6.71. The standard InChI is InChI=1S/C30H54N4O10/c1-5-35-9-13-39-17-21-43-22-18-40-14-10-36-6-2-33(1)27-29-25-32-30(26-31-29)28-34-3-7-37-11-15-41-19-23-44-24-20-42-16-12-38-8-4-34/h25-26H,1-24,27-28H2. The Labute approximate surface area is 262 Å². The predicted octanol–water partition coefficient (Wildman–Crippen LogP) is 0.274. The summed E-state index contributed by atoms with van der Waals surface area (Å²) in [4.78, 5) is 14.0.